The molecule has 0 amide bonds. The average molecular weight is 725 g/mol. The highest BCUT2D eigenvalue weighted by atomic mass is 79.9. The van der Waals surface area contributed by atoms with Crippen LogP contribution >= 0.6 is 39.7 Å². The Bertz CT molecular complexity index is 1170. The van der Waals surface area contributed by atoms with Crippen LogP contribution in [0.2, 0.25) is 0 Å². The first-order valence-electron chi connectivity index (χ1n) is 15.2. The molecule has 0 aliphatic carbocycles. The molecule has 0 unspecified atom stereocenters. The molecular weight excluding hydrogens is 679 g/mol. The van der Waals surface area contributed by atoms with Crippen LogP contribution in [0.3, 0.4) is 0 Å². The highest BCUT2D eigenvalue weighted by molar-refractivity contribution is 9.08. The van der Waals surface area contributed by atoms with Gasteiger partial charge in [0, 0.05) is 16.7 Å². The summed E-state index contributed by atoms with van der Waals surface area (Å²) in [4.78, 5) is 0. The summed E-state index contributed by atoms with van der Waals surface area (Å²) in [6.07, 6.45) is 15.6. The van der Waals surface area contributed by atoms with Gasteiger partial charge >= 0.3 is 7.82 Å². The number of phosphoric ester groups is 1. The smallest absolute Gasteiger partial charge is 0.493 e. The van der Waals surface area contributed by atoms with Crippen LogP contribution in [0.5, 0.6) is 23.0 Å². The SMILES string of the molecule is CCCCCCCCCCCCCCOc1cccc(OP(=O)(Oc2cccc(CBr)c2)Oc2cccc(CBr)c2)c1. The Morgan fingerprint density at radius 3 is 1.43 bits per heavy atom. The van der Waals surface area contributed by atoms with Crippen molar-refractivity contribution in [1.29, 1.82) is 0 Å². The van der Waals surface area contributed by atoms with E-state index < -0.39 is 7.82 Å². The minimum absolute atomic E-state index is 0.346. The normalized spacial score (nSPS) is 11.3. The molecule has 3 rings (SSSR count). The van der Waals surface area contributed by atoms with E-state index in [0.29, 0.717) is 40.3 Å². The number of phosphoric acid groups is 1. The van der Waals surface area contributed by atoms with Gasteiger partial charge in [-0.3, -0.25) is 0 Å². The van der Waals surface area contributed by atoms with Crippen molar-refractivity contribution in [1.82, 2.24) is 0 Å². The average Bonchev–Trinajstić information content (AvgIpc) is 2.99. The van der Waals surface area contributed by atoms with Crippen LogP contribution in [-0.4, -0.2) is 6.61 Å². The molecule has 5 nitrogen and oxygen atoms in total. The first kappa shape index (κ1) is 34.5. The molecule has 3 aromatic rings. The third-order valence-electron chi connectivity index (χ3n) is 6.83. The third-order valence-corrected chi connectivity index (χ3v) is 9.43. The fourth-order valence-electron chi connectivity index (χ4n) is 4.57. The minimum atomic E-state index is -4.11. The Morgan fingerprint density at radius 1 is 0.548 bits per heavy atom. The maximum Gasteiger partial charge on any atom is 0.647 e. The van der Waals surface area contributed by atoms with Gasteiger partial charge in [0.05, 0.1) is 6.61 Å². The molecule has 0 fully saturated rings. The van der Waals surface area contributed by atoms with Crippen molar-refractivity contribution in [3.63, 3.8) is 0 Å². The second-order valence-electron chi connectivity index (χ2n) is 10.5. The first-order valence-corrected chi connectivity index (χ1v) is 19.0. The van der Waals surface area contributed by atoms with E-state index in [2.05, 4.69) is 38.8 Å². The van der Waals surface area contributed by atoms with Crippen molar-refractivity contribution in [2.75, 3.05) is 6.61 Å². The fourth-order valence-corrected chi connectivity index (χ4v) is 6.49. The maximum atomic E-state index is 14.0. The van der Waals surface area contributed by atoms with Gasteiger partial charge in [-0.2, -0.15) is 4.57 Å². The fraction of sp³-hybridized carbons (Fsp3) is 0.471. The minimum Gasteiger partial charge on any atom is -0.493 e. The van der Waals surface area contributed by atoms with Gasteiger partial charge < -0.3 is 18.3 Å². The monoisotopic (exact) mass is 722 g/mol. The van der Waals surface area contributed by atoms with E-state index in [1.165, 1.54) is 64.2 Å². The molecule has 0 N–H and O–H groups in total. The van der Waals surface area contributed by atoms with Crippen LogP contribution in [0.15, 0.2) is 72.8 Å². The molecule has 0 bridgehead atoms. The van der Waals surface area contributed by atoms with Crippen LogP contribution in [0.1, 0.15) is 95.1 Å². The summed E-state index contributed by atoms with van der Waals surface area (Å²) in [5, 5.41) is 1.28. The zero-order chi connectivity index (χ0) is 29.9. The van der Waals surface area contributed by atoms with Gasteiger partial charge in [-0.15, -0.1) is 0 Å². The van der Waals surface area contributed by atoms with Crippen molar-refractivity contribution < 1.29 is 22.9 Å². The van der Waals surface area contributed by atoms with E-state index in [9.17, 15) is 4.57 Å². The van der Waals surface area contributed by atoms with Crippen LogP contribution in [0, 0.1) is 0 Å². The Labute approximate surface area is 269 Å². The lowest BCUT2D eigenvalue weighted by atomic mass is 10.1. The highest BCUT2D eigenvalue weighted by Crippen LogP contribution is 2.50. The first-order chi connectivity index (χ1) is 20.5. The summed E-state index contributed by atoms with van der Waals surface area (Å²) in [6, 6.07) is 21.8. The van der Waals surface area contributed by atoms with Gasteiger partial charge in [0.2, 0.25) is 0 Å². The Hall–Kier alpha value is -1.95. The quantitative estimate of drug-likeness (QED) is 0.0587. The predicted octanol–water partition coefficient (Wildman–Crippen LogP) is 12.2. The zero-order valence-electron chi connectivity index (χ0n) is 24.8. The molecule has 42 heavy (non-hydrogen) atoms. The lowest BCUT2D eigenvalue weighted by Crippen LogP contribution is -2.08. The van der Waals surface area contributed by atoms with Gasteiger partial charge in [-0.25, -0.2) is 0 Å². The van der Waals surface area contributed by atoms with Crippen molar-refractivity contribution in [3.05, 3.63) is 83.9 Å². The number of unbranched alkanes of at least 4 members (excludes halogenated alkanes) is 11. The van der Waals surface area contributed by atoms with Crippen LogP contribution < -0.4 is 18.3 Å². The van der Waals surface area contributed by atoms with Crippen LogP contribution in [0.25, 0.3) is 0 Å². The van der Waals surface area contributed by atoms with E-state index in [-0.39, 0.29) is 0 Å². The molecule has 0 radical (unpaired) electrons. The second-order valence-corrected chi connectivity index (χ2v) is 13.1. The van der Waals surface area contributed by atoms with E-state index in [4.69, 9.17) is 18.3 Å². The largest absolute Gasteiger partial charge is 0.647 e. The predicted molar refractivity (Wildman–Crippen MR) is 181 cm³/mol. The second kappa shape index (κ2) is 20.1. The molecule has 0 spiro atoms. The molecular formula is C34H45Br2O5P. The highest BCUT2D eigenvalue weighted by Gasteiger charge is 2.33. The standard InChI is InChI=1S/C34H45Br2O5P/c1-2-3-4-5-6-7-8-9-10-11-12-13-23-38-31-19-16-22-34(26-31)41-42(37,39-32-20-14-17-29(24-32)27-35)40-33-21-15-18-30(25-33)28-36/h14-22,24-26H,2-13,23,27-28H2,1H3. The van der Waals surface area contributed by atoms with Gasteiger partial charge in [0.1, 0.15) is 23.0 Å². The van der Waals surface area contributed by atoms with Gasteiger partial charge in [-0.05, 0) is 53.9 Å². The summed E-state index contributed by atoms with van der Waals surface area (Å²) in [5.41, 5.74) is 1.96. The Balaban J connectivity index is 1.50. The summed E-state index contributed by atoms with van der Waals surface area (Å²) in [7, 11) is -4.11. The molecule has 230 valence electrons. The molecule has 3 aromatic carbocycles. The molecule has 0 saturated carbocycles. The van der Waals surface area contributed by atoms with E-state index in [1.807, 2.05) is 36.4 Å². The summed E-state index contributed by atoms with van der Waals surface area (Å²) < 4.78 is 37.7. The molecule has 0 aliphatic heterocycles. The number of alkyl halides is 2. The maximum absolute atomic E-state index is 14.0. The number of ether oxygens (including phenoxy) is 1. The van der Waals surface area contributed by atoms with Gasteiger partial charge in [0.25, 0.3) is 0 Å². The van der Waals surface area contributed by atoms with Crippen LogP contribution in [-0.2, 0) is 15.2 Å². The Kier molecular flexibility index (Phi) is 16.5. The van der Waals surface area contributed by atoms with Crippen molar-refractivity contribution in [3.8, 4) is 23.0 Å². The van der Waals surface area contributed by atoms with E-state index in [1.54, 1.807) is 36.4 Å². The van der Waals surface area contributed by atoms with Crippen LogP contribution in [0.4, 0.5) is 0 Å². The molecule has 0 aromatic heterocycles. The number of hydrogen-bond acceptors (Lipinski definition) is 5. The summed E-state index contributed by atoms with van der Waals surface area (Å²) in [6.45, 7) is 2.90. The third kappa shape index (κ3) is 13.6. The molecule has 0 atom stereocenters. The molecule has 0 saturated heterocycles. The number of rotatable bonds is 22. The number of hydrogen-bond donors (Lipinski definition) is 0. The molecule has 8 heteroatoms. The molecule has 0 aliphatic rings. The number of halogens is 2. The zero-order valence-corrected chi connectivity index (χ0v) is 28.8. The Morgan fingerprint density at radius 2 is 0.952 bits per heavy atom. The lowest BCUT2D eigenvalue weighted by molar-refractivity contribution is 0.292. The molecule has 0 heterocycles. The topological polar surface area (TPSA) is 54.0 Å². The van der Waals surface area contributed by atoms with Crippen molar-refractivity contribution >= 4 is 39.7 Å². The van der Waals surface area contributed by atoms with Crippen molar-refractivity contribution in [2.45, 2.75) is 94.6 Å². The van der Waals surface area contributed by atoms with Gasteiger partial charge in [0.15, 0.2) is 0 Å². The number of benzene rings is 3. The van der Waals surface area contributed by atoms with Crippen molar-refractivity contribution in [2.24, 2.45) is 0 Å². The lowest BCUT2D eigenvalue weighted by Gasteiger charge is -2.20. The van der Waals surface area contributed by atoms with E-state index >= 15 is 0 Å². The summed E-state index contributed by atoms with van der Waals surface area (Å²) >= 11 is 6.91. The summed E-state index contributed by atoms with van der Waals surface area (Å²) in [5.74, 6) is 1.79. The van der Waals surface area contributed by atoms with Gasteiger partial charge in [-0.1, -0.05) is 140 Å². The van der Waals surface area contributed by atoms with E-state index in [0.717, 1.165) is 24.0 Å².